The molecule has 5 aromatic carbocycles. The molecule has 1 radical (unpaired) electrons. The molecular weight excluding hydrogens is 675 g/mol. The van der Waals surface area contributed by atoms with Gasteiger partial charge in [0.1, 0.15) is 0 Å². The van der Waals surface area contributed by atoms with Crippen LogP contribution < -0.4 is 0 Å². The molecule has 0 fully saturated rings. The van der Waals surface area contributed by atoms with Gasteiger partial charge in [-0.25, -0.2) is 0 Å². The van der Waals surface area contributed by atoms with Crippen LogP contribution in [0.15, 0.2) is 140 Å². The van der Waals surface area contributed by atoms with Crippen molar-refractivity contribution in [3.05, 3.63) is 162 Å². The summed E-state index contributed by atoms with van der Waals surface area (Å²) in [5, 5.41) is 0. The fraction of sp³-hybridized carbons (Fsp3) is 0.103. The van der Waals surface area contributed by atoms with Gasteiger partial charge < -0.3 is 4.98 Å². The van der Waals surface area contributed by atoms with Crippen LogP contribution in [0.3, 0.4) is 0 Å². The molecule has 6 aromatic rings. The van der Waals surface area contributed by atoms with Crippen molar-refractivity contribution in [1.29, 1.82) is 0 Å². The van der Waals surface area contributed by atoms with Crippen molar-refractivity contribution >= 4 is 0 Å². The van der Waals surface area contributed by atoms with Crippen molar-refractivity contribution < 1.29 is 20.1 Å². The summed E-state index contributed by atoms with van der Waals surface area (Å²) in [5.74, 6) is 0. The number of nitrogens with zero attached hydrogens (tertiary/aromatic N) is 1. The van der Waals surface area contributed by atoms with Gasteiger partial charge in [-0.15, -0.1) is 35.4 Å². The van der Waals surface area contributed by atoms with Gasteiger partial charge in [0.25, 0.3) is 0 Å². The molecule has 203 valence electrons. The van der Waals surface area contributed by atoms with E-state index in [1.54, 1.807) is 0 Å². The molecule has 0 aliphatic heterocycles. The Morgan fingerprint density at radius 1 is 0.537 bits per heavy atom. The van der Waals surface area contributed by atoms with Gasteiger partial charge in [-0.2, -0.15) is 0 Å². The van der Waals surface area contributed by atoms with Crippen LogP contribution in [0, 0.1) is 13.0 Å². The summed E-state index contributed by atoms with van der Waals surface area (Å²) in [5.41, 5.74) is 12.9. The van der Waals surface area contributed by atoms with E-state index in [0.717, 1.165) is 16.8 Å². The second-order valence-corrected chi connectivity index (χ2v) is 10.9. The maximum atomic E-state index is 4.55. The van der Waals surface area contributed by atoms with E-state index < -0.39 is 0 Å². The molecule has 0 amide bonds. The predicted octanol–water partition coefficient (Wildman–Crippen LogP) is 10.2. The van der Waals surface area contributed by atoms with E-state index in [4.69, 9.17) is 0 Å². The predicted molar refractivity (Wildman–Crippen MR) is 168 cm³/mol. The normalized spacial score (nSPS) is 11.1. The monoisotopic (exact) mass is 707 g/mol. The Bertz CT molecular complexity index is 1770. The van der Waals surface area contributed by atoms with Crippen LogP contribution in [-0.4, -0.2) is 4.98 Å². The van der Waals surface area contributed by atoms with Crippen LogP contribution in [0.1, 0.15) is 30.5 Å². The first kappa shape index (κ1) is 28.4. The molecule has 0 bridgehead atoms. The standard InChI is InChI=1S/C39H32N.Ir/c1-28-22-23-40-38(24-28)35-15-9-14-34(27-35)33-13-8-12-32(26-33)31-11-7-10-30(25-31)29-18-20-37(21-19-29)39(2,3)36-16-5-4-6-17-36;/h4-14,16-27H,1-3H3;/q-1;. The van der Waals surface area contributed by atoms with Gasteiger partial charge in [0.15, 0.2) is 0 Å². The molecule has 6 rings (SSSR count). The van der Waals surface area contributed by atoms with Crippen LogP contribution in [0.5, 0.6) is 0 Å². The van der Waals surface area contributed by atoms with Gasteiger partial charge in [0.05, 0.1) is 0 Å². The zero-order valence-corrected chi connectivity index (χ0v) is 26.0. The van der Waals surface area contributed by atoms with Gasteiger partial charge in [-0.05, 0) is 69.8 Å². The average molecular weight is 707 g/mol. The molecule has 2 heteroatoms. The number of hydrogen-bond donors (Lipinski definition) is 0. The van der Waals surface area contributed by atoms with Crippen molar-refractivity contribution in [2.24, 2.45) is 0 Å². The van der Waals surface area contributed by atoms with Crippen LogP contribution in [0.2, 0.25) is 0 Å². The molecule has 0 aliphatic carbocycles. The first-order valence-corrected chi connectivity index (χ1v) is 13.8. The third-order valence-electron chi connectivity index (χ3n) is 7.82. The molecule has 0 aliphatic rings. The Kier molecular flexibility index (Phi) is 8.45. The number of benzene rings is 5. The molecule has 0 saturated heterocycles. The number of pyridine rings is 1. The number of rotatable bonds is 6. The maximum absolute atomic E-state index is 4.55. The SMILES string of the molecule is Cc1ccnc(-c2[c-]ccc(-c3cccc(-c4cccc(-c5ccc(C(C)(C)c6ccccc6)cc5)c4)c3)c2)c1.[Ir]. The van der Waals surface area contributed by atoms with Gasteiger partial charge in [0.2, 0.25) is 0 Å². The van der Waals surface area contributed by atoms with E-state index in [1.807, 2.05) is 18.3 Å². The quantitative estimate of drug-likeness (QED) is 0.157. The van der Waals surface area contributed by atoms with Gasteiger partial charge in [0, 0.05) is 31.7 Å². The van der Waals surface area contributed by atoms with Crippen LogP contribution in [0.4, 0.5) is 0 Å². The van der Waals surface area contributed by atoms with Crippen LogP contribution in [0.25, 0.3) is 44.6 Å². The summed E-state index contributed by atoms with van der Waals surface area (Å²) in [7, 11) is 0. The minimum absolute atomic E-state index is 0. The zero-order chi connectivity index (χ0) is 27.5. The maximum Gasteiger partial charge on any atom is 0.0163 e. The summed E-state index contributed by atoms with van der Waals surface area (Å²) >= 11 is 0. The molecule has 0 saturated carbocycles. The van der Waals surface area contributed by atoms with Crippen LogP contribution >= 0.6 is 0 Å². The first-order valence-electron chi connectivity index (χ1n) is 13.8. The van der Waals surface area contributed by atoms with E-state index in [1.165, 1.54) is 44.5 Å². The van der Waals surface area contributed by atoms with Crippen molar-refractivity contribution in [3.63, 3.8) is 0 Å². The molecule has 41 heavy (non-hydrogen) atoms. The van der Waals surface area contributed by atoms with Crippen LogP contribution in [-0.2, 0) is 25.5 Å². The molecule has 1 aromatic heterocycles. The molecular formula is C39H32IrN-. The van der Waals surface area contributed by atoms with E-state index in [-0.39, 0.29) is 25.5 Å². The van der Waals surface area contributed by atoms with Crippen molar-refractivity contribution in [1.82, 2.24) is 4.98 Å². The summed E-state index contributed by atoms with van der Waals surface area (Å²) in [6, 6.07) is 51.1. The Morgan fingerprint density at radius 2 is 1.10 bits per heavy atom. The Morgan fingerprint density at radius 3 is 1.71 bits per heavy atom. The van der Waals surface area contributed by atoms with Gasteiger partial charge in [-0.1, -0.05) is 116 Å². The summed E-state index contributed by atoms with van der Waals surface area (Å²) < 4.78 is 0. The minimum Gasteiger partial charge on any atom is -0.305 e. The smallest absolute Gasteiger partial charge is 0.0163 e. The first-order chi connectivity index (χ1) is 19.5. The third kappa shape index (κ3) is 6.15. The summed E-state index contributed by atoms with van der Waals surface area (Å²) in [4.78, 5) is 4.55. The minimum atomic E-state index is -0.0491. The molecule has 0 unspecified atom stereocenters. The van der Waals surface area contributed by atoms with Crippen molar-refractivity contribution in [2.45, 2.75) is 26.2 Å². The Labute approximate surface area is 257 Å². The second kappa shape index (κ2) is 12.2. The second-order valence-electron chi connectivity index (χ2n) is 10.9. The van der Waals surface area contributed by atoms with E-state index in [9.17, 15) is 0 Å². The largest absolute Gasteiger partial charge is 0.305 e. The summed E-state index contributed by atoms with van der Waals surface area (Å²) in [6.45, 7) is 6.67. The molecule has 1 nitrogen and oxygen atoms in total. The fourth-order valence-electron chi connectivity index (χ4n) is 5.33. The number of aryl methyl sites for hydroxylation is 1. The van der Waals surface area contributed by atoms with E-state index in [0.29, 0.717) is 0 Å². The molecule has 0 atom stereocenters. The zero-order valence-electron chi connectivity index (χ0n) is 23.6. The summed E-state index contributed by atoms with van der Waals surface area (Å²) in [6.07, 6.45) is 1.86. The Balaban J connectivity index is 0.00000337. The van der Waals surface area contributed by atoms with Crippen molar-refractivity contribution in [3.8, 4) is 44.6 Å². The van der Waals surface area contributed by atoms with Gasteiger partial charge in [-0.3, -0.25) is 0 Å². The number of hydrogen-bond acceptors (Lipinski definition) is 1. The molecule has 0 spiro atoms. The van der Waals surface area contributed by atoms with E-state index in [2.05, 4.69) is 153 Å². The van der Waals surface area contributed by atoms with Crippen molar-refractivity contribution in [2.75, 3.05) is 0 Å². The molecule has 0 N–H and O–H groups in total. The fourth-order valence-corrected chi connectivity index (χ4v) is 5.33. The average Bonchev–Trinajstić information content (AvgIpc) is 3.02. The van der Waals surface area contributed by atoms with Gasteiger partial charge >= 0.3 is 0 Å². The van der Waals surface area contributed by atoms with E-state index >= 15 is 0 Å². The number of aromatic nitrogens is 1. The third-order valence-corrected chi connectivity index (χ3v) is 7.82. The Hall–Kier alpha value is -4.10. The topological polar surface area (TPSA) is 12.9 Å². The molecule has 1 heterocycles.